The zero-order valence-corrected chi connectivity index (χ0v) is 16.4. The van der Waals surface area contributed by atoms with Crippen LogP contribution in [-0.4, -0.2) is 0 Å². The predicted octanol–water partition coefficient (Wildman–Crippen LogP) is 7.41. The fraction of sp³-hybridized carbons (Fsp3) is 0.103. The van der Waals surface area contributed by atoms with Gasteiger partial charge in [0.1, 0.15) is 0 Å². The first kappa shape index (κ1) is 17.7. The monoisotopic (exact) mass is 372 g/mol. The molecule has 0 amide bonds. The van der Waals surface area contributed by atoms with Gasteiger partial charge >= 0.3 is 0 Å². The Kier molecular flexibility index (Phi) is 4.84. The van der Waals surface area contributed by atoms with Gasteiger partial charge in [0.25, 0.3) is 0 Å². The zero-order chi connectivity index (χ0) is 19.5. The maximum absolute atomic E-state index is 2.41. The molecule has 0 heteroatoms. The van der Waals surface area contributed by atoms with Crippen LogP contribution in [0, 0.1) is 0 Å². The summed E-state index contributed by atoms with van der Waals surface area (Å²) in [5, 5.41) is 0. The Bertz CT molecular complexity index is 1090. The Labute approximate surface area is 173 Å². The molecule has 1 aliphatic carbocycles. The topological polar surface area (TPSA) is 0 Å². The van der Waals surface area contributed by atoms with Gasteiger partial charge in [-0.2, -0.15) is 0 Å². The Morgan fingerprint density at radius 2 is 1.00 bits per heavy atom. The Morgan fingerprint density at radius 3 is 1.66 bits per heavy atom. The predicted molar refractivity (Wildman–Crippen MR) is 122 cm³/mol. The zero-order valence-electron chi connectivity index (χ0n) is 16.4. The van der Waals surface area contributed by atoms with Crippen LogP contribution in [0.25, 0.3) is 6.08 Å². The molecule has 0 nitrogen and oxygen atoms in total. The lowest BCUT2D eigenvalue weighted by Crippen LogP contribution is -2.11. The van der Waals surface area contributed by atoms with Gasteiger partial charge in [0, 0.05) is 17.8 Å². The van der Waals surface area contributed by atoms with Crippen molar-refractivity contribution in [1.82, 2.24) is 0 Å². The first-order valence-corrected chi connectivity index (χ1v) is 10.3. The van der Waals surface area contributed by atoms with Crippen LogP contribution in [-0.2, 0) is 0 Å². The van der Waals surface area contributed by atoms with Crippen LogP contribution in [0.3, 0.4) is 0 Å². The minimum Gasteiger partial charge on any atom is -0.0758 e. The lowest BCUT2D eigenvalue weighted by molar-refractivity contribution is 0.609. The number of benzene rings is 4. The molecule has 0 radical (unpaired) electrons. The second-order valence-electron chi connectivity index (χ2n) is 7.75. The Balaban J connectivity index is 1.66. The smallest absolute Gasteiger partial charge is 0.0170 e. The van der Waals surface area contributed by atoms with Crippen LogP contribution < -0.4 is 0 Å². The maximum Gasteiger partial charge on any atom is 0.0170 e. The van der Waals surface area contributed by atoms with Crippen molar-refractivity contribution in [3.8, 4) is 0 Å². The number of hydrogen-bond donors (Lipinski definition) is 0. The van der Waals surface area contributed by atoms with Gasteiger partial charge in [0.05, 0.1) is 0 Å². The molecule has 0 saturated carbocycles. The molecule has 0 fully saturated rings. The summed E-state index contributed by atoms with van der Waals surface area (Å²) in [7, 11) is 0. The van der Waals surface area contributed by atoms with E-state index < -0.39 is 0 Å². The van der Waals surface area contributed by atoms with E-state index in [9.17, 15) is 0 Å². The average molecular weight is 373 g/mol. The summed E-state index contributed by atoms with van der Waals surface area (Å²) < 4.78 is 0. The third-order valence-electron chi connectivity index (χ3n) is 6.07. The van der Waals surface area contributed by atoms with E-state index in [1.54, 1.807) is 0 Å². The van der Waals surface area contributed by atoms with Crippen molar-refractivity contribution < 1.29 is 0 Å². The molecule has 3 atom stereocenters. The lowest BCUT2D eigenvalue weighted by atomic mass is 9.78. The van der Waals surface area contributed by atoms with Crippen LogP contribution >= 0.6 is 0 Å². The van der Waals surface area contributed by atoms with Crippen LogP contribution in [0.5, 0.6) is 0 Å². The molecule has 0 bridgehead atoms. The molecule has 0 saturated heterocycles. The molecule has 0 heterocycles. The average Bonchev–Trinajstić information content (AvgIpc) is 3.14. The molecule has 1 aliphatic rings. The van der Waals surface area contributed by atoms with E-state index in [4.69, 9.17) is 0 Å². The molecule has 0 unspecified atom stereocenters. The standard InChI is InChI=1S/C29H24/c1-4-12-22(13-5-1)20-21-27-25-18-10-11-19-26(25)28(23-14-6-2-7-15-23)29(27)24-16-8-3-9-17-24/h1-21,27-29H/b21-20+/t27-,28+,29+/m1/s1. The first-order chi connectivity index (χ1) is 14.4. The van der Waals surface area contributed by atoms with Gasteiger partial charge in [-0.15, -0.1) is 0 Å². The van der Waals surface area contributed by atoms with Crippen molar-refractivity contribution in [2.75, 3.05) is 0 Å². The van der Waals surface area contributed by atoms with Crippen molar-refractivity contribution in [3.63, 3.8) is 0 Å². The van der Waals surface area contributed by atoms with Crippen molar-refractivity contribution in [2.45, 2.75) is 17.8 Å². The highest BCUT2D eigenvalue weighted by atomic mass is 14.4. The second-order valence-corrected chi connectivity index (χ2v) is 7.75. The molecule has 0 N–H and O–H groups in total. The number of hydrogen-bond acceptors (Lipinski definition) is 0. The van der Waals surface area contributed by atoms with Crippen molar-refractivity contribution in [1.29, 1.82) is 0 Å². The fourth-order valence-electron chi connectivity index (χ4n) is 4.82. The number of fused-ring (bicyclic) bond motifs is 1. The van der Waals surface area contributed by atoms with E-state index in [0.29, 0.717) is 17.8 Å². The highest BCUT2D eigenvalue weighted by Crippen LogP contribution is 2.55. The molecule has 4 aromatic carbocycles. The first-order valence-electron chi connectivity index (χ1n) is 10.3. The maximum atomic E-state index is 2.41. The van der Waals surface area contributed by atoms with Crippen LogP contribution in [0.1, 0.15) is 45.6 Å². The summed E-state index contributed by atoms with van der Waals surface area (Å²) in [5.74, 6) is 1.09. The van der Waals surface area contributed by atoms with Gasteiger partial charge in [-0.05, 0) is 27.8 Å². The van der Waals surface area contributed by atoms with Gasteiger partial charge in [-0.25, -0.2) is 0 Å². The van der Waals surface area contributed by atoms with E-state index in [2.05, 4.69) is 127 Å². The third-order valence-corrected chi connectivity index (χ3v) is 6.07. The van der Waals surface area contributed by atoms with E-state index in [0.717, 1.165) is 0 Å². The fourth-order valence-corrected chi connectivity index (χ4v) is 4.82. The quantitative estimate of drug-likeness (QED) is 0.350. The van der Waals surface area contributed by atoms with Crippen LogP contribution in [0.4, 0.5) is 0 Å². The van der Waals surface area contributed by atoms with Gasteiger partial charge < -0.3 is 0 Å². The molecule has 5 rings (SSSR count). The Hall–Kier alpha value is -3.38. The Morgan fingerprint density at radius 1 is 0.483 bits per heavy atom. The van der Waals surface area contributed by atoms with E-state index in [-0.39, 0.29) is 0 Å². The van der Waals surface area contributed by atoms with Crippen molar-refractivity contribution >= 4 is 6.08 Å². The van der Waals surface area contributed by atoms with Gasteiger partial charge in [0.15, 0.2) is 0 Å². The minimum atomic E-state index is 0.346. The van der Waals surface area contributed by atoms with Gasteiger partial charge in [-0.1, -0.05) is 127 Å². The number of allylic oxidation sites excluding steroid dienone is 1. The summed E-state index contributed by atoms with van der Waals surface area (Å²) in [6.07, 6.45) is 4.69. The SMILES string of the molecule is C(=C\[C@@H]1c2ccccc2[C@H](c2ccccc2)[C@H]1c1ccccc1)/c1ccccc1. The molecular weight excluding hydrogens is 348 g/mol. The molecule has 4 aromatic rings. The second kappa shape index (κ2) is 7.93. The summed E-state index contributed by atoms with van der Waals surface area (Å²) in [6, 6.07) is 41.6. The molecule has 29 heavy (non-hydrogen) atoms. The summed E-state index contributed by atoms with van der Waals surface area (Å²) >= 11 is 0. The summed E-state index contributed by atoms with van der Waals surface area (Å²) in [6.45, 7) is 0. The van der Waals surface area contributed by atoms with E-state index >= 15 is 0 Å². The highest BCUT2D eigenvalue weighted by Gasteiger charge is 2.40. The highest BCUT2D eigenvalue weighted by molar-refractivity contribution is 5.57. The molecule has 140 valence electrons. The van der Waals surface area contributed by atoms with Gasteiger partial charge in [0.2, 0.25) is 0 Å². The largest absolute Gasteiger partial charge is 0.0758 e. The van der Waals surface area contributed by atoms with Crippen LogP contribution in [0.15, 0.2) is 121 Å². The van der Waals surface area contributed by atoms with E-state index in [1.165, 1.54) is 27.8 Å². The molecule has 0 spiro atoms. The van der Waals surface area contributed by atoms with Crippen molar-refractivity contribution in [3.05, 3.63) is 149 Å². The summed E-state index contributed by atoms with van der Waals surface area (Å²) in [4.78, 5) is 0. The summed E-state index contributed by atoms with van der Waals surface area (Å²) in [5.41, 5.74) is 6.95. The normalized spacial score (nSPS) is 20.6. The third kappa shape index (κ3) is 3.43. The minimum absolute atomic E-state index is 0.346. The lowest BCUT2D eigenvalue weighted by Gasteiger charge is -2.25. The molecule has 0 aliphatic heterocycles. The number of rotatable bonds is 4. The molecule has 0 aromatic heterocycles. The molecular formula is C29H24. The van der Waals surface area contributed by atoms with Crippen molar-refractivity contribution in [2.24, 2.45) is 0 Å². The van der Waals surface area contributed by atoms with Crippen LogP contribution in [0.2, 0.25) is 0 Å². The van der Waals surface area contributed by atoms with Gasteiger partial charge in [-0.3, -0.25) is 0 Å². The van der Waals surface area contributed by atoms with E-state index in [1.807, 2.05) is 0 Å².